The van der Waals surface area contributed by atoms with Gasteiger partial charge in [0.05, 0.1) is 12.9 Å². The molecule has 1 aromatic heterocycles. The van der Waals surface area contributed by atoms with E-state index in [1.165, 1.54) is 11.8 Å². The van der Waals surface area contributed by atoms with Gasteiger partial charge < -0.3 is 9.47 Å². The highest BCUT2D eigenvalue weighted by atomic mass is 79.9. The maximum atomic E-state index is 12.5. The zero-order chi connectivity index (χ0) is 21.5. The molecule has 156 valence electrons. The van der Waals surface area contributed by atoms with Gasteiger partial charge in [0.2, 0.25) is 0 Å². The van der Waals surface area contributed by atoms with Crippen molar-refractivity contribution in [2.75, 3.05) is 12.9 Å². The Morgan fingerprint density at radius 1 is 1.20 bits per heavy atom. The number of halogens is 1. The lowest BCUT2D eigenvalue weighted by molar-refractivity contribution is 0.102. The van der Waals surface area contributed by atoms with Crippen LogP contribution in [0.2, 0.25) is 0 Å². The number of carbonyl (C=O) groups is 1. The monoisotopic (exact) mass is 487 g/mol. The zero-order valence-electron chi connectivity index (χ0n) is 16.8. The molecule has 30 heavy (non-hydrogen) atoms. The lowest BCUT2D eigenvalue weighted by Gasteiger charge is -2.12. The number of ketones is 1. The summed E-state index contributed by atoms with van der Waals surface area (Å²) in [4.78, 5) is 12.5. The van der Waals surface area contributed by atoms with Crippen molar-refractivity contribution in [2.45, 2.75) is 25.2 Å². The first-order valence-corrected chi connectivity index (χ1v) is 11.0. The van der Waals surface area contributed by atoms with E-state index in [4.69, 9.17) is 9.47 Å². The molecule has 3 aromatic rings. The Labute approximate surface area is 188 Å². The van der Waals surface area contributed by atoms with E-state index in [9.17, 15) is 4.79 Å². The molecule has 8 heteroatoms. The quantitative estimate of drug-likeness (QED) is 0.225. The van der Waals surface area contributed by atoms with Crippen LogP contribution in [0.3, 0.4) is 0 Å². The van der Waals surface area contributed by atoms with Gasteiger partial charge in [0.15, 0.2) is 28.3 Å². The predicted molar refractivity (Wildman–Crippen MR) is 121 cm³/mol. The number of ether oxygens (including phenoxy) is 2. The summed E-state index contributed by atoms with van der Waals surface area (Å²) in [6.45, 7) is 6.54. The van der Waals surface area contributed by atoms with Crippen LogP contribution in [0.25, 0.3) is 0 Å². The Kier molecular flexibility index (Phi) is 7.70. The number of aryl methyl sites for hydroxylation is 1. The van der Waals surface area contributed by atoms with Gasteiger partial charge in [-0.15, -0.1) is 16.8 Å². The summed E-state index contributed by atoms with van der Waals surface area (Å²) >= 11 is 4.72. The van der Waals surface area contributed by atoms with Crippen molar-refractivity contribution in [1.82, 2.24) is 14.8 Å². The molecule has 0 saturated heterocycles. The fourth-order valence-corrected chi connectivity index (χ4v) is 3.86. The van der Waals surface area contributed by atoms with Gasteiger partial charge in [-0.25, -0.2) is 0 Å². The van der Waals surface area contributed by atoms with Crippen molar-refractivity contribution < 1.29 is 14.3 Å². The smallest absolute Gasteiger partial charge is 0.192 e. The molecule has 0 bridgehead atoms. The normalized spacial score (nSPS) is 10.6. The molecule has 0 saturated carbocycles. The molecule has 0 aliphatic carbocycles. The van der Waals surface area contributed by atoms with Crippen molar-refractivity contribution in [1.29, 1.82) is 0 Å². The molecule has 0 fully saturated rings. The van der Waals surface area contributed by atoms with E-state index >= 15 is 0 Å². The van der Waals surface area contributed by atoms with Crippen LogP contribution in [0.5, 0.6) is 11.5 Å². The van der Waals surface area contributed by atoms with E-state index in [2.05, 4.69) is 32.7 Å². The maximum Gasteiger partial charge on any atom is 0.192 e. The first-order valence-electron chi connectivity index (χ1n) is 9.23. The minimum absolute atomic E-state index is 0.0304. The zero-order valence-corrected chi connectivity index (χ0v) is 19.2. The fraction of sp³-hybridized carbons (Fsp3) is 0.227. The fourth-order valence-electron chi connectivity index (χ4n) is 2.73. The lowest BCUT2D eigenvalue weighted by Crippen LogP contribution is -2.09. The molecule has 0 aliphatic heterocycles. The van der Waals surface area contributed by atoms with Gasteiger partial charge >= 0.3 is 0 Å². The number of methoxy groups -OCH3 is 1. The molecule has 0 amide bonds. The second-order valence-electron chi connectivity index (χ2n) is 6.46. The van der Waals surface area contributed by atoms with Gasteiger partial charge in [0.25, 0.3) is 0 Å². The van der Waals surface area contributed by atoms with Crippen molar-refractivity contribution in [3.05, 3.63) is 76.5 Å². The molecule has 2 aromatic carbocycles. The minimum atomic E-state index is 0.0304. The molecule has 0 aliphatic rings. The number of allylic oxidation sites excluding steroid dienone is 1. The largest absolute Gasteiger partial charge is 0.493 e. The van der Waals surface area contributed by atoms with E-state index in [1.807, 2.05) is 41.8 Å². The Balaban J connectivity index is 1.69. The van der Waals surface area contributed by atoms with Crippen LogP contribution in [0.1, 0.15) is 21.7 Å². The van der Waals surface area contributed by atoms with Crippen LogP contribution < -0.4 is 9.47 Å². The highest BCUT2D eigenvalue weighted by Crippen LogP contribution is 2.29. The second-order valence-corrected chi connectivity index (χ2v) is 8.32. The van der Waals surface area contributed by atoms with E-state index in [0.29, 0.717) is 34.6 Å². The summed E-state index contributed by atoms with van der Waals surface area (Å²) < 4.78 is 14.1. The summed E-state index contributed by atoms with van der Waals surface area (Å²) in [6, 6.07) is 13.1. The Bertz CT molecular complexity index is 1030. The Morgan fingerprint density at radius 3 is 2.67 bits per heavy atom. The average molecular weight is 488 g/mol. The SMILES string of the molecule is C=CCn1c(COc2ccc(C)cc2OC)nnc1SCC(=O)c1ccc(Br)cc1. The number of hydrogen-bond acceptors (Lipinski definition) is 6. The van der Waals surface area contributed by atoms with Crippen LogP contribution in [0.4, 0.5) is 0 Å². The molecule has 0 spiro atoms. The number of carbonyl (C=O) groups excluding carboxylic acids is 1. The van der Waals surface area contributed by atoms with Crippen LogP contribution in [0, 0.1) is 6.92 Å². The van der Waals surface area contributed by atoms with Gasteiger partial charge in [0, 0.05) is 16.6 Å². The third-order valence-electron chi connectivity index (χ3n) is 4.28. The van der Waals surface area contributed by atoms with Crippen LogP contribution in [-0.2, 0) is 13.2 Å². The van der Waals surface area contributed by atoms with Gasteiger partial charge in [-0.3, -0.25) is 9.36 Å². The van der Waals surface area contributed by atoms with Crippen molar-refractivity contribution >= 4 is 33.5 Å². The molecule has 1 heterocycles. The molecular formula is C22H22BrN3O3S. The summed E-state index contributed by atoms with van der Waals surface area (Å²) in [6.07, 6.45) is 1.76. The molecule has 6 nitrogen and oxygen atoms in total. The van der Waals surface area contributed by atoms with E-state index < -0.39 is 0 Å². The van der Waals surface area contributed by atoms with Gasteiger partial charge in [-0.05, 0) is 36.8 Å². The van der Waals surface area contributed by atoms with Crippen LogP contribution in [0.15, 0.2) is 64.7 Å². The number of hydrogen-bond donors (Lipinski definition) is 0. The summed E-state index contributed by atoms with van der Waals surface area (Å²) in [5, 5.41) is 9.13. The van der Waals surface area contributed by atoms with Gasteiger partial charge in [-0.2, -0.15) is 0 Å². The lowest BCUT2D eigenvalue weighted by atomic mass is 10.2. The topological polar surface area (TPSA) is 66.2 Å². The van der Waals surface area contributed by atoms with E-state index in [-0.39, 0.29) is 18.1 Å². The number of benzene rings is 2. The molecule has 0 radical (unpaired) electrons. The highest BCUT2D eigenvalue weighted by molar-refractivity contribution is 9.10. The predicted octanol–water partition coefficient (Wildman–Crippen LogP) is 5.10. The first-order chi connectivity index (χ1) is 14.5. The second kappa shape index (κ2) is 10.4. The van der Waals surface area contributed by atoms with E-state index in [0.717, 1.165) is 10.0 Å². The number of aromatic nitrogens is 3. The van der Waals surface area contributed by atoms with Crippen LogP contribution >= 0.6 is 27.7 Å². The summed E-state index contributed by atoms with van der Waals surface area (Å²) in [5.41, 5.74) is 1.75. The summed E-state index contributed by atoms with van der Waals surface area (Å²) in [5.74, 6) is 2.25. The third-order valence-corrected chi connectivity index (χ3v) is 5.78. The van der Waals surface area contributed by atoms with Crippen LogP contribution in [-0.4, -0.2) is 33.4 Å². The van der Waals surface area contributed by atoms with Gasteiger partial charge in [-0.1, -0.05) is 52.0 Å². The van der Waals surface area contributed by atoms with Gasteiger partial charge in [0.1, 0.15) is 6.61 Å². The molecule has 0 atom stereocenters. The molecular weight excluding hydrogens is 466 g/mol. The first kappa shape index (κ1) is 22.1. The third kappa shape index (κ3) is 5.52. The Hall–Kier alpha value is -2.58. The molecule has 0 N–H and O–H groups in total. The van der Waals surface area contributed by atoms with E-state index in [1.54, 1.807) is 25.3 Å². The maximum absolute atomic E-state index is 12.5. The number of thioether (sulfide) groups is 1. The standard InChI is InChI=1S/C22H22BrN3O3S/c1-4-11-26-21(13-29-19-10-5-15(2)12-20(19)28-3)24-25-22(26)30-14-18(27)16-6-8-17(23)9-7-16/h4-10,12H,1,11,13-14H2,2-3H3. The number of nitrogens with zero attached hydrogens (tertiary/aromatic N) is 3. The van der Waals surface area contributed by atoms with Crippen molar-refractivity contribution in [3.63, 3.8) is 0 Å². The molecule has 0 unspecified atom stereocenters. The number of Topliss-reactive ketones (excluding diaryl/α,β-unsaturated/α-hetero) is 1. The highest BCUT2D eigenvalue weighted by Gasteiger charge is 2.16. The average Bonchev–Trinajstić information content (AvgIpc) is 3.13. The summed E-state index contributed by atoms with van der Waals surface area (Å²) in [7, 11) is 1.61. The van der Waals surface area contributed by atoms with Crippen molar-refractivity contribution in [2.24, 2.45) is 0 Å². The van der Waals surface area contributed by atoms with Crippen molar-refractivity contribution in [3.8, 4) is 11.5 Å². The molecule has 3 rings (SSSR count). The minimum Gasteiger partial charge on any atom is -0.493 e. The Morgan fingerprint density at radius 2 is 1.97 bits per heavy atom. The number of rotatable bonds is 10.